The second kappa shape index (κ2) is 7.94. The van der Waals surface area contributed by atoms with E-state index in [0.29, 0.717) is 16.7 Å². The van der Waals surface area contributed by atoms with Crippen molar-refractivity contribution in [2.24, 2.45) is 0 Å². The first-order valence-corrected chi connectivity index (χ1v) is 10.2. The number of fused-ring (bicyclic) bond motifs is 1. The number of amides is 1. The van der Waals surface area contributed by atoms with Crippen LogP contribution in [0.3, 0.4) is 0 Å². The Labute approximate surface area is 187 Å². The second-order valence-corrected chi connectivity index (χ2v) is 7.79. The summed E-state index contributed by atoms with van der Waals surface area (Å²) < 4.78 is 19.0. The molecule has 0 fully saturated rings. The molecule has 2 heterocycles. The van der Waals surface area contributed by atoms with Crippen LogP contribution in [0.5, 0.6) is 5.75 Å². The molecule has 0 saturated carbocycles. The summed E-state index contributed by atoms with van der Waals surface area (Å²) in [7, 11) is 0. The lowest BCUT2D eigenvalue weighted by Gasteiger charge is -2.27. The van der Waals surface area contributed by atoms with E-state index in [2.05, 4.69) is 0 Å². The molecule has 0 bridgehead atoms. The molecule has 7 heteroatoms. The summed E-state index contributed by atoms with van der Waals surface area (Å²) in [6, 6.07) is 19.4. The van der Waals surface area contributed by atoms with E-state index in [0.717, 1.165) is 5.39 Å². The number of nitrogens with zero attached hydrogens (tertiary/aromatic N) is 1. The van der Waals surface area contributed by atoms with Gasteiger partial charge in [-0.05, 0) is 47.5 Å². The van der Waals surface area contributed by atoms with Crippen LogP contribution in [0.25, 0.3) is 11.0 Å². The van der Waals surface area contributed by atoms with E-state index in [1.165, 1.54) is 41.3 Å². The Morgan fingerprint density at radius 1 is 0.970 bits per heavy atom. The first-order chi connectivity index (χ1) is 15.9. The summed E-state index contributed by atoms with van der Waals surface area (Å²) in [6.45, 7) is 0.0334. The molecule has 0 aliphatic carbocycles. The zero-order valence-electron chi connectivity index (χ0n) is 17.2. The lowest BCUT2D eigenvalue weighted by atomic mass is 9.94. The Morgan fingerprint density at radius 2 is 1.67 bits per heavy atom. The van der Waals surface area contributed by atoms with Crippen molar-refractivity contribution in [2.75, 3.05) is 0 Å². The smallest absolute Gasteiger partial charge is 0.290 e. The first kappa shape index (κ1) is 20.5. The Morgan fingerprint density at radius 3 is 2.36 bits per heavy atom. The van der Waals surface area contributed by atoms with Crippen molar-refractivity contribution in [2.45, 2.75) is 12.6 Å². The Bertz CT molecular complexity index is 1370. The molecule has 1 atom stereocenters. The predicted octanol–water partition coefficient (Wildman–Crippen LogP) is 5.06. The molecule has 6 nitrogen and oxygen atoms in total. The molecule has 164 valence electrons. The van der Waals surface area contributed by atoms with Gasteiger partial charge in [-0.2, -0.15) is 0 Å². The number of rotatable bonds is 5. The number of furan rings is 1. The van der Waals surface area contributed by atoms with E-state index < -0.39 is 29.3 Å². The minimum Gasteiger partial charge on any atom is -0.508 e. The van der Waals surface area contributed by atoms with Crippen LogP contribution in [0.1, 0.15) is 27.7 Å². The van der Waals surface area contributed by atoms with Crippen molar-refractivity contribution in [3.8, 4) is 5.75 Å². The highest BCUT2D eigenvalue weighted by molar-refractivity contribution is 6.16. The lowest BCUT2D eigenvalue weighted by Crippen LogP contribution is -2.30. The van der Waals surface area contributed by atoms with Gasteiger partial charge in [0.15, 0.2) is 11.5 Å². The SMILES string of the molecule is O=C(C1=C(O)C(=O)N(Cc2ccc(F)cc2)C1c1ccc(O)cc1)c1cc2ccccc2o1. The van der Waals surface area contributed by atoms with Crippen LogP contribution in [-0.2, 0) is 11.3 Å². The summed E-state index contributed by atoms with van der Waals surface area (Å²) in [6.07, 6.45) is 0. The number of phenols is 1. The number of carbonyl (C=O) groups excluding carboxylic acids is 2. The number of aromatic hydroxyl groups is 1. The highest BCUT2D eigenvalue weighted by Crippen LogP contribution is 2.40. The Kier molecular flexibility index (Phi) is 4.94. The van der Waals surface area contributed by atoms with Crippen LogP contribution in [-0.4, -0.2) is 26.8 Å². The highest BCUT2D eigenvalue weighted by Gasteiger charge is 2.44. The average Bonchev–Trinajstić information content (AvgIpc) is 3.36. The van der Waals surface area contributed by atoms with Crippen LogP contribution >= 0.6 is 0 Å². The van der Waals surface area contributed by atoms with Crippen LogP contribution in [0.2, 0.25) is 0 Å². The third-order valence-corrected chi connectivity index (χ3v) is 5.67. The fourth-order valence-corrected chi connectivity index (χ4v) is 4.06. The fraction of sp³-hybridized carbons (Fsp3) is 0.0769. The van der Waals surface area contributed by atoms with Gasteiger partial charge in [-0.15, -0.1) is 0 Å². The maximum absolute atomic E-state index is 13.5. The van der Waals surface area contributed by atoms with Crippen molar-refractivity contribution in [3.63, 3.8) is 0 Å². The van der Waals surface area contributed by atoms with E-state index in [4.69, 9.17) is 4.42 Å². The molecule has 1 aliphatic rings. The van der Waals surface area contributed by atoms with E-state index >= 15 is 0 Å². The van der Waals surface area contributed by atoms with Gasteiger partial charge in [-0.1, -0.05) is 42.5 Å². The summed E-state index contributed by atoms with van der Waals surface area (Å²) in [5.74, 6) is -2.40. The van der Waals surface area contributed by atoms with Crippen LogP contribution < -0.4 is 0 Å². The standard InChI is InChI=1S/C26H18FNO5/c27-18-9-5-15(6-10-18)14-28-23(16-7-11-19(29)12-8-16)22(25(31)26(28)32)24(30)21-13-17-3-1-2-4-20(17)33-21/h1-13,23,29,31H,14H2. The number of Topliss-reactive ketones (excluding diaryl/α,β-unsaturated/α-hetero) is 1. The zero-order valence-corrected chi connectivity index (χ0v) is 17.2. The number of hydrogen-bond donors (Lipinski definition) is 2. The van der Waals surface area contributed by atoms with E-state index in [1.54, 1.807) is 36.4 Å². The van der Waals surface area contributed by atoms with Gasteiger partial charge in [-0.25, -0.2) is 4.39 Å². The number of para-hydroxylation sites is 1. The summed E-state index contributed by atoms with van der Waals surface area (Å²) >= 11 is 0. The molecule has 3 aromatic carbocycles. The fourth-order valence-electron chi connectivity index (χ4n) is 4.06. The number of aliphatic hydroxyl groups is 1. The maximum atomic E-state index is 13.5. The first-order valence-electron chi connectivity index (χ1n) is 10.2. The van der Waals surface area contributed by atoms with Gasteiger partial charge < -0.3 is 19.5 Å². The summed E-state index contributed by atoms with van der Waals surface area (Å²) in [4.78, 5) is 27.9. The number of phenolic OH excluding ortho intramolecular Hbond substituents is 1. The van der Waals surface area contributed by atoms with Crippen LogP contribution in [0, 0.1) is 5.82 Å². The lowest BCUT2D eigenvalue weighted by molar-refractivity contribution is -0.130. The number of carbonyl (C=O) groups is 2. The minimum atomic E-state index is -0.927. The maximum Gasteiger partial charge on any atom is 0.290 e. The molecular formula is C26H18FNO5. The molecule has 33 heavy (non-hydrogen) atoms. The number of ketones is 1. The molecule has 0 spiro atoms. The molecule has 1 amide bonds. The van der Waals surface area contributed by atoms with Gasteiger partial charge in [0.05, 0.1) is 11.6 Å². The third-order valence-electron chi connectivity index (χ3n) is 5.67. The third kappa shape index (κ3) is 3.63. The number of benzene rings is 3. The molecular weight excluding hydrogens is 425 g/mol. The summed E-state index contributed by atoms with van der Waals surface area (Å²) in [5.41, 5.74) is 1.53. The van der Waals surface area contributed by atoms with Crippen molar-refractivity contribution in [1.29, 1.82) is 0 Å². The predicted molar refractivity (Wildman–Crippen MR) is 118 cm³/mol. The van der Waals surface area contributed by atoms with Crippen molar-refractivity contribution in [1.82, 2.24) is 4.90 Å². The molecule has 0 radical (unpaired) electrons. The Hall–Kier alpha value is -4.39. The van der Waals surface area contributed by atoms with Gasteiger partial charge in [0.2, 0.25) is 5.78 Å². The number of hydrogen-bond acceptors (Lipinski definition) is 5. The van der Waals surface area contributed by atoms with E-state index in [-0.39, 0.29) is 23.6 Å². The molecule has 1 aliphatic heterocycles. The molecule has 2 N–H and O–H groups in total. The monoisotopic (exact) mass is 443 g/mol. The average molecular weight is 443 g/mol. The zero-order chi connectivity index (χ0) is 23.1. The highest BCUT2D eigenvalue weighted by atomic mass is 19.1. The molecule has 1 aromatic heterocycles. The van der Waals surface area contributed by atoms with Gasteiger partial charge in [0.1, 0.15) is 17.1 Å². The molecule has 1 unspecified atom stereocenters. The minimum absolute atomic E-state index is 0.00189. The van der Waals surface area contributed by atoms with Crippen molar-refractivity contribution < 1.29 is 28.6 Å². The van der Waals surface area contributed by atoms with Crippen LogP contribution in [0.15, 0.2) is 94.6 Å². The molecule has 0 saturated heterocycles. The number of aliphatic hydroxyl groups excluding tert-OH is 1. The van der Waals surface area contributed by atoms with Gasteiger partial charge >= 0.3 is 0 Å². The topological polar surface area (TPSA) is 91.0 Å². The quantitative estimate of drug-likeness (QED) is 0.421. The molecule has 4 aromatic rings. The summed E-state index contributed by atoms with van der Waals surface area (Å²) in [5, 5.41) is 21.2. The van der Waals surface area contributed by atoms with Crippen LogP contribution in [0.4, 0.5) is 4.39 Å². The Balaban J connectivity index is 1.59. The largest absolute Gasteiger partial charge is 0.508 e. The normalized spacial score (nSPS) is 16.1. The van der Waals surface area contributed by atoms with Crippen molar-refractivity contribution >= 4 is 22.7 Å². The van der Waals surface area contributed by atoms with Gasteiger partial charge in [0, 0.05) is 11.9 Å². The molecule has 5 rings (SSSR count). The van der Waals surface area contributed by atoms with Crippen molar-refractivity contribution in [3.05, 3.63) is 113 Å². The van der Waals surface area contributed by atoms with E-state index in [9.17, 15) is 24.2 Å². The van der Waals surface area contributed by atoms with Gasteiger partial charge in [0.25, 0.3) is 5.91 Å². The van der Waals surface area contributed by atoms with Gasteiger partial charge in [-0.3, -0.25) is 9.59 Å². The number of halogens is 1. The second-order valence-electron chi connectivity index (χ2n) is 7.79. The van der Waals surface area contributed by atoms with E-state index in [1.807, 2.05) is 6.07 Å².